The van der Waals surface area contributed by atoms with E-state index < -0.39 is 54.5 Å². The van der Waals surface area contributed by atoms with Gasteiger partial charge in [0, 0.05) is 12.3 Å². The van der Waals surface area contributed by atoms with Crippen molar-refractivity contribution in [2.45, 2.75) is 44.0 Å². The highest BCUT2D eigenvalue weighted by Gasteiger charge is 2.30. The van der Waals surface area contributed by atoms with Gasteiger partial charge in [0.25, 0.3) is 0 Å². The minimum absolute atomic E-state index is 0.0833. The molecule has 4 atom stereocenters. The molecule has 0 aliphatic rings. The smallest absolute Gasteiger partial charge is 0.322 e. The van der Waals surface area contributed by atoms with Crippen molar-refractivity contribution in [1.29, 1.82) is 0 Å². The Kier molecular flexibility index (Phi) is 12.4. The van der Waals surface area contributed by atoms with Crippen LogP contribution in [-0.4, -0.2) is 82.9 Å². The summed E-state index contributed by atoms with van der Waals surface area (Å²) in [5.41, 5.74) is 16.1. The number of hydrogen-bond donors (Lipinski definition) is 9. The van der Waals surface area contributed by atoms with Gasteiger partial charge < -0.3 is 43.4 Å². The quantitative estimate of drug-likeness (QED) is 0.0590. The maximum atomic E-state index is 12.4. The summed E-state index contributed by atoms with van der Waals surface area (Å²) in [5, 5.41) is 25.1. The fourth-order valence-electron chi connectivity index (χ4n) is 2.06. The van der Waals surface area contributed by atoms with Crippen molar-refractivity contribution in [1.82, 2.24) is 16.0 Å². The molecular weight excluding hydrogens is 406 g/mol. The monoisotopic (exact) mass is 435 g/mol. The lowest BCUT2D eigenvalue weighted by molar-refractivity contribution is -0.138. The molecule has 0 saturated carbocycles. The number of nitrogens with one attached hydrogen (secondary N) is 3. The Hall–Kier alpha value is -2.58. The van der Waals surface area contributed by atoms with Crippen molar-refractivity contribution in [3.8, 4) is 0 Å². The molecule has 0 saturated heterocycles. The van der Waals surface area contributed by atoms with Crippen molar-refractivity contribution in [3.63, 3.8) is 0 Å². The number of aliphatic hydroxyl groups excluding tert-OH is 1. The molecule has 166 valence electrons. The molecule has 0 heterocycles. The predicted molar refractivity (Wildman–Crippen MR) is 108 cm³/mol. The van der Waals surface area contributed by atoms with Gasteiger partial charge in [0.1, 0.15) is 18.6 Å². The number of guanidine groups is 1. The van der Waals surface area contributed by atoms with Crippen LogP contribution in [0.4, 0.5) is 0 Å². The van der Waals surface area contributed by atoms with Crippen LogP contribution in [-0.2, 0) is 19.2 Å². The van der Waals surface area contributed by atoms with Gasteiger partial charge in [-0.2, -0.15) is 12.6 Å². The highest BCUT2D eigenvalue weighted by Crippen LogP contribution is 2.00. The normalized spacial score (nSPS) is 14.6. The first kappa shape index (κ1) is 26.4. The van der Waals surface area contributed by atoms with Gasteiger partial charge in [-0.25, -0.2) is 0 Å². The lowest BCUT2D eigenvalue weighted by Gasteiger charge is -2.25. The van der Waals surface area contributed by atoms with Crippen LogP contribution in [0.1, 0.15) is 19.8 Å². The number of aliphatic hydroxyl groups is 1. The second kappa shape index (κ2) is 13.6. The van der Waals surface area contributed by atoms with Crippen LogP contribution >= 0.6 is 12.6 Å². The molecule has 0 radical (unpaired) electrons. The lowest BCUT2D eigenvalue weighted by Crippen LogP contribution is -2.59. The summed E-state index contributed by atoms with van der Waals surface area (Å²) in [6.07, 6.45) is -0.646. The molecule has 0 bridgehead atoms. The van der Waals surface area contributed by atoms with E-state index in [1.165, 1.54) is 6.92 Å². The maximum Gasteiger partial charge on any atom is 0.322 e. The number of aliphatic carboxylic acids is 1. The summed E-state index contributed by atoms with van der Waals surface area (Å²) in [6.45, 7) is 0.915. The van der Waals surface area contributed by atoms with Crippen molar-refractivity contribution in [2.24, 2.45) is 22.2 Å². The molecule has 29 heavy (non-hydrogen) atoms. The molecule has 0 spiro atoms. The van der Waals surface area contributed by atoms with Crippen molar-refractivity contribution in [3.05, 3.63) is 0 Å². The molecule has 11 N–H and O–H groups in total. The van der Waals surface area contributed by atoms with Gasteiger partial charge in [0.15, 0.2) is 5.96 Å². The zero-order chi connectivity index (χ0) is 22.6. The minimum atomic E-state index is -1.39. The number of aliphatic imine (C=N–C) groups is 1. The fraction of sp³-hybridized carbons (Fsp3) is 0.667. The van der Waals surface area contributed by atoms with Crippen molar-refractivity contribution >= 4 is 42.3 Å². The third-order valence-corrected chi connectivity index (χ3v) is 3.96. The zero-order valence-electron chi connectivity index (χ0n) is 16.0. The van der Waals surface area contributed by atoms with E-state index in [4.69, 9.17) is 22.3 Å². The first-order valence-electron chi connectivity index (χ1n) is 8.69. The number of carboxylic acid groups (broad SMARTS) is 1. The molecule has 0 rings (SSSR count). The number of rotatable bonds is 13. The van der Waals surface area contributed by atoms with E-state index in [0.717, 1.165) is 0 Å². The van der Waals surface area contributed by atoms with Crippen molar-refractivity contribution in [2.75, 3.05) is 18.8 Å². The van der Waals surface area contributed by atoms with Crippen LogP contribution in [0.5, 0.6) is 0 Å². The molecule has 0 aromatic rings. The number of carbonyl (C=O) groups is 4. The largest absolute Gasteiger partial charge is 0.480 e. The topological polar surface area (TPSA) is 235 Å². The Morgan fingerprint density at radius 2 is 1.72 bits per heavy atom. The summed E-state index contributed by atoms with van der Waals surface area (Å²) in [4.78, 5) is 50.7. The first-order valence-corrected chi connectivity index (χ1v) is 9.33. The second-order valence-corrected chi connectivity index (χ2v) is 6.50. The minimum Gasteiger partial charge on any atom is -0.480 e. The van der Waals surface area contributed by atoms with Crippen LogP contribution in [0.15, 0.2) is 4.99 Å². The van der Waals surface area contributed by atoms with Gasteiger partial charge >= 0.3 is 5.97 Å². The van der Waals surface area contributed by atoms with Crippen LogP contribution < -0.4 is 33.2 Å². The van der Waals surface area contributed by atoms with E-state index >= 15 is 0 Å². The first-order chi connectivity index (χ1) is 13.5. The van der Waals surface area contributed by atoms with E-state index in [1.807, 2.05) is 0 Å². The molecule has 0 fully saturated rings. The summed E-state index contributed by atoms with van der Waals surface area (Å²) >= 11 is 3.94. The number of nitrogens with zero attached hydrogens (tertiary/aromatic N) is 1. The molecule has 3 amide bonds. The van der Waals surface area contributed by atoms with Gasteiger partial charge in [-0.05, 0) is 19.8 Å². The number of carboxylic acids is 1. The number of carbonyl (C=O) groups excluding carboxylic acids is 3. The Bertz CT molecular complexity index is 612. The Morgan fingerprint density at radius 1 is 1.10 bits per heavy atom. The van der Waals surface area contributed by atoms with E-state index in [2.05, 4.69) is 33.6 Å². The fourth-order valence-corrected chi connectivity index (χ4v) is 2.31. The average molecular weight is 436 g/mol. The predicted octanol–water partition coefficient (Wildman–Crippen LogP) is -4.15. The summed E-state index contributed by atoms with van der Waals surface area (Å²) in [6, 6.07) is -3.53. The number of hydrogen-bond acceptors (Lipinski definition) is 8. The SMILES string of the molecule is CC(O)C(NC(=O)C(N)CCCN=C(N)N)C(=O)NC(CS)C(=O)NCC(=O)O. The molecule has 14 heteroatoms. The Labute approximate surface area is 173 Å². The van der Waals surface area contributed by atoms with E-state index in [0.29, 0.717) is 6.42 Å². The number of thiol groups is 1. The summed E-state index contributed by atoms with van der Waals surface area (Å²) in [7, 11) is 0. The van der Waals surface area contributed by atoms with Gasteiger partial charge in [-0.15, -0.1) is 0 Å². The second-order valence-electron chi connectivity index (χ2n) is 6.14. The van der Waals surface area contributed by atoms with Crippen LogP contribution in [0.2, 0.25) is 0 Å². The highest BCUT2D eigenvalue weighted by atomic mass is 32.1. The molecule has 0 aliphatic heterocycles. The molecule has 0 aromatic heterocycles. The van der Waals surface area contributed by atoms with E-state index in [9.17, 15) is 24.3 Å². The summed E-state index contributed by atoms with van der Waals surface area (Å²) < 4.78 is 0. The Morgan fingerprint density at radius 3 is 2.21 bits per heavy atom. The summed E-state index contributed by atoms with van der Waals surface area (Å²) in [5.74, 6) is -3.80. The molecule has 4 unspecified atom stereocenters. The zero-order valence-corrected chi connectivity index (χ0v) is 16.9. The average Bonchev–Trinajstić information content (AvgIpc) is 2.64. The standard InChI is InChI=1S/C15H29N7O6S/c1-7(23)11(22-12(26)8(16)3-2-4-19-15(17)18)14(28)21-9(6-29)13(27)20-5-10(24)25/h7-9,11,23,29H,2-6,16H2,1H3,(H,20,27)(H,21,28)(H,22,26)(H,24,25)(H4,17,18,19). The third kappa shape index (κ3) is 11.1. The van der Waals surface area contributed by atoms with Gasteiger partial charge in [0.2, 0.25) is 17.7 Å². The van der Waals surface area contributed by atoms with Crippen LogP contribution in [0.3, 0.4) is 0 Å². The van der Waals surface area contributed by atoms with Gasteiger partial charge in [0.05, 0.1) is 12.1 Å². The van der Waals surface area contributed by atoms with E-state index in [1.54, 1.807) is 0 Å². The van der Waals surface area contributed by atoms with Gasteiger partial charge in [-0.3, -0.25) is 24.2 Å². The Balaban J connectivity index is 4.82. The maximum absolute atomic E-state index is 12.4. The molecular formula is C15H29N7O6S. The molecule has 13 nitrogen and oxygen atoms in total. The highest BCUT2D eigenvalue weighted by molar-refractivity contribution is 7.80. The lowest BCUT2D eigenvalue weighted by atomic mass is 10.1. The number of amides is 3. The van der Waals surface area contributed by atoms with Gasteiger partial charge in [-0.1, -0.05) is 0 Å². The van der Waals surface area contributed by atoms with Crippen LogP contribution in [0, 0.1) is 0 Å². The van der Waals surface area contributed by atoms with E-state index in [-0.39, 0.29) is 24.7 Å². The molecule has 0 aromatic carbocycles. The van der Waals surface area contributed by atoms with Crippen LogP contribution in [0.25, 0.3) is 0 Å². The molecule has 0 aliphatic carbocycles. The van der Waals surface area contributed by atoms with Crippen molar-refractivity contribution < 1.29 is 29.4 Å². The third-order valence-electron chi connectivity index (χ3n) is 3.60. The number of nitrogens with two attached hydrogens (primary N) is 3.